The smallest absolute Gasteiger partial charge is 0.309 e. The summed E-state index contributed by atoms with van der Waals surface area (Å²) in [7, 11) is 1.36. The van der Waals surface area contributed by atoms with Crippen molar-refractivity contribution in [2.75, 3.05) is 26.8 Å². The van der Waals surface area contributed by atoms with Crippen molar-refractivity contribution in [2.45, 2.75) is 20.3 Å². The number of ether oxygens (including phenoxy) is 2. The van der Waals surface area contributed by atoms with E-state index in [0.29, 0.717) is 26.1 Å². The van der Waals surface area contributed by atoms with Crippen LogP contribution in [0, 0.1) is 5.92 Å². The average molecular weight is 217 g/mol. The quantitative estimate of drug-likeness (QED) is 0.492. The molecule has 0 saturated heterocycles. The minimum atomic E-state index is -0.251. The minimum absolute atomic E-state index is 0.197. The van der Waals surface area contributed by atoms with Gasteiger partial charge in [0.05, 0.1) is 26.1 Å². The van der Waals surface area contributed by atoms with Crippen LogP contribution < -0.4 is 5.32 Å². The van der Waals surface area contributed by atoms with Gasteiger partial charge in [-0.25, -0.2) is 0 Å². The fourth-order valence-electron chi connectivity index (χ4n) is 1.03. The van der Waals surface area contributed by atoms with Gasteiger partial charge >= 0.3 is 11.9 Å². The third kappa shape index (κ3) is 6.90. The first-order chi connectivity index (χ1) is 7.11. The summed E-state index contributed by atoms with van der Waals surface area (Å²) in [6, 6.07) is 0. The van der Waals surface area contributed by atoms with Gasteiger partial charge < -0.3 is 14.8 Å². The molecule has 1 unspecified atom stereocenters. The highest BCUT2D eigenvalue weighted by molar-refractivity contribution is 5.72. The number of carbonyl (C=O) groups excluding carboxylic acids is 2. The van der Waals surface area contributed by atoms with Gasteiger partial charge in [-0.2, -0.15) is 0 Å². The minimum Gasteiger partial charge on any atom is -0.469 e. The SMILES string of the molecule is CCOC(=O)CCNCC(C)C(=O)OC. The van der Waals surface area contributed by atoms with Gasteiger partial charge in [-0.1, -0.05) is 6.92 Å². The maximum Gasteiger partial charge on any atom is 0.309 e. The molecule has 0 aliphatic heterocycles. The summed E-state index contributed by atoms with van der Waals surface area (Å²) in [6.07, 6.45) is 0.321. The Morgan fingerprint density at radius 2 is 2.07 bits per heavy atom. The molecule has 0 aromatic rings. The highest BCUT2D eigenvalue weighted by atomic mass is 16.5. The van der Waals surface area contributed by atoms with Gasteiger partial charge in [-0.05, 0) is 6.92 Å². The van der Waals surface area contributed by atoms with E-state index in [4.69, 9.17) is 4.74 Å². The van der Waals surface area contributed by atoms with E-state index in [0.717, 1.165) is 0 Å². The van der Waals surface area contributed by atoms with Gasteiger partial charge in [0.1, 0.15) is 0 Å². The molecule has 0 radical (unpaired) electrons. The molecule has 88 valence electrons. The van der Waals surface area contributed by atoms with E-state index < -0.39 is 0 Å². The summed E-state index contributed by atoms with van der Waals surface area (Å²) < 4.78 is 9.31. The molecule has 0 saturated carbocycles. The third-order valence-electron chi connectivity index (χ3n) is 1.87. The van der Waals surface area contributed by atoms with E-state index >= 15 is 0 Å². The summed E-state index contributed by atoms with van der Waals surface area (Å²) in [5, 5.41) is 2.99. The van der Waals surface area contributed by atoms with Crippen LogP contribution in [0.1, 0.15) is 20.3 Å². The molecule has 0 aliphatic carbocycles. The molecule has 5 nitrogen and oxygen atoms in total. The van der Waals surface area contributed by atoms with Crippen molar-refractivity contribution in [2.24, 2.45) is 5.92 Å². The highest BCUT2D eigenvalue weighted by Crippen LogP contribution is 1.95. The normalized spacial score (nSPS) is 11.9. The maximum atomic E-state index is 11.0. The molecule has 15 heavy (non-hydrogen) atoms. The monoisotopic (exact) mass is 217 g/mol. The van der Waals surface area contributed by atoms with Gasteiger partial charge in [0.2, 0.25) is 0 Å². The van der Waals surface area contributed by atoms with Crippen LogP contribution in [-0.2, 0) is 19.1 Å². The van der Waals surface area contributed by atoms with Gasteiger partial charge in [0, 0.05) is 13.1 Å². The zero-order valence-electron chi connectivity index (χ0n) is 9.54. The van der Waals surface area contributed by atoms with Crippen LogP contribution in [0.3, 0.4) is 0 Å². The molecule has 0 amide bonds. The molecule has 0 heterocycles. The first-order valence-electron chi connectivity index (χ1n) is 5.06. The lowest BCUT2D eigenvalue weighted by molar-refractivity contribution is -0.144. The lowest BCUT2D eigenvalue weighted by Gasteiger charge is -2.09. The molecular formula is C10H19NO4. The molecule has 0 aromatic carbocycles. The van der Waals surface area contributed by atoms with Crippen molar-refractivity contribution in [3.8, 4) is 0 Å². The molecular weight excluding hydrogens is 198 g/mol. The lowest BCUT2D eigenvalue weighted by Crippen LogP contribution is -2.29. The van der Waals surface area contributed by atoms with E-state index in [1.54, 1.807) is 13.8 Å². The van der Waals surface area contributed by atoms with Crippen molar-refractivity contribution in [1.82, 2.24) is 5.32 Å². The number of carbonyl (C=O) groups is 2. The zero-order chi connectivity index (χ0) is 11.7. The number of methoxy groups -OCH3 is 1. The van der Waals surface area contributed by atoms with Crippen LogP contribution >= 0.6 is 0 Å². The molecule has 1 N–H and O–H groups in total. The van der Waals surface area contributed by atoms with E-state index in [-0.39, 0.29) is 17.9 Å². The summed E-state index contributed by atoms with van der Waals surface area (Å²) in [4.78, 5) is 21.9. The molecule has 0 aliphatic rings. The number of esters is 2. The van der Waals surface area contributed by atoms with Crippen LogP contribution in [0.2, 0.25) is 0 Å². The average Bonchev–Trinajstić information content (AvgIpc) is 2.23. The van der Waals surface area contributed by atoms with Gasteiger partial charge in [0.25, 0.3) is 0 Å². The first kappa shape index (κ1) is 13.9. The Morgan fingerprint density at radius 3 is 2.60 bits per heavy atom. The van der Waals surface area contributed by atoms with Crippen molar-refractivity contribution in [3.05, 3.63) is 0 Å². The van der Waals surface area contributed by atoms with Crippen LogP contribution in [0.4, 0.5) is 0 Å². The molecule has 0 spiro atoms. The predicted molar refractivity (Wildman–Crippen MR) is 55.3 cm³/mol. The Hall–Kier alpha value is -1.10. The van der Waals surface area contributed by atoms with Crippen molar-refractivity contribution >= 4 is 11.9 Å². The highest BCUT2D eigenvalue weighted by Gasteiger charge is 2.12. The van der Waals surface area contributed by atoms with Crippen molar-refractivity contribution in [3.63, 3.8) is 0 Å². The number of nitrogens with one attached hydrogen (secondary N) is 1. The van der Waals surface area contributed by atoms with Crippen LogP contribution in [-0.4, -0.2) is 38.7 Å². The second-order valence-electron chi connectivity index (χ2n) is 3.18. The van der Waals surface area contributed by atoms with E-state index in [1.165, 1.54) is 7.11 Å². The fraction of sp³-hybridized carbons (Fsp3) is 0.800. The molecule has 0 bridgehead atoms. The van der Waals surface area contributed by atoms with E-state index in [2.05, 4.69) is 10.1 Å². The molecule has 5 heteroatoms. The van der Waals surface area contributed by atoms with Crippen LogP contribution in [0.15, 0.2) is 0 Å². The van der Waals surface area contributed by atoms with Crippen LogP contribution in [0.25, 0.3) is 0 Å². The van der Waals surface area contributed by atoms with Gasteiger partial charge in [-0.3, -0.25) is 9.59 Å². The van der Waals surface area contributed by atoms with E-state index in [1.807, 2.05) is 0 Å². The van der Waals surface area contributed by atoms with Gasteiger partial charge in [-0.15, -0.1) is 0 Å². The lowest BCUT2D eigenvalue weighted by atomic mass is 10.2. The molecule has 0 aromatic heterocycles. The second-order valence-corrected chi connectivity index (χ2v) is 3.18. The van der Waals surface area contributed by atoms with Crippen LogP contribution in [0.5, 0.6) is 0 Å². The van der Waals surface area contributed by atoms with Gasteiger partial charge in [0.15, 0.2) is 0 Å². The molecule has 0 fully saturated rings. The Bertz CT molecular complexity index is 206. The maximum absolute atomic E-state index is 11.0. The zero-order valence-corrected chi connectivity index (χ0v) is 9.54. The number of hydrogen-bond acceptors (Lipinski definition) is 5. The summed E-state index contributed by atoms with van der Waals surface area (Å²) in [5.74, 6) is -0.674. The summed E-state index contributed by atoms with van der Waals surface area (Å²) in [5.41, 5.74) is 0. The Morgan fingerprint density at radius 1 is 1.40 bits per heavy atom. The van der Waals surface area contributed by atoms with E-state index in [9.17, 15) is 9.59 Å². The fourth-order valence-corrected chi connectivity index (χ4v) is 1.03. The Balaban J connectivity index is 3.46. The molecule has 1 atom stereocenters. The molecule has 0 rings (SSSR count). The predicted octanol–water partition coefficient (Wildman–Crippen LogP) is 0.338. The topological polar surface area (TPSA) is 64.6 Å². The summed E-state index contributed by atoms with van der Waals surface area (Å²) >= 11 is 0. The van der Waals surface area contributed by atoms with Crippen molar-refractivity contribution < 1.29 is 19.1 Å². The standard InChI is InChI=1S/C10H19NO4/c1-4-15-9(12)5-6-11-7-8(2)10(13)14-3/h8,11H,4-7H2,1-3H3. The second kappa shape index (κ2) is 8.23. The number of hydrogen-bond donors (Lipinski definition) is 1. The summed E-state index contributed by atoms with van der Waals surface area (Å²) in [6.45, 7) is 4.96. The Labute approximate surface area is 90.1 Å². The van der Waals surface area contributed by atoms with Crippen molar-refractivity contribution in [1.29, 1.82) is 0 Å². The third-order valence-corrected chi connectivity index (χ3v) is 1.87. The largest absolute Gasteiger partial charge is 0.469 e. The Kier molecular flexibility index (Phi) is 7.62. The number of rotatable bonds is 7. The first-order valence-corrected chi connectivity index (χ1v) is 5.06.